The second-order valence-electron chi connectivity index (χ2n) is 6.11. The van der Waals surface area contributed by atoms with Crippen molar-refractivity contribution >= 4 is 17.3 Å². The molecule has 0 amide bonds. The van der Waals surface area contributed by atoms with Crippen molar-refractivity contribution in [3.05, 3.63) is 29.3 Å². The highest BCUT2D eigenvalue weighted by molar-refractivity contribution is 6.33. The molecule has 1 aliphatic rings. The van der Waals surface area contributed by atoms with Crippen molar-refractivity contribution in [3.63, 3.8) is 0 Å². The molecule has 1 aromatic carbocycles. The Labute approximate surface area is 110 Å². The van der Waals surface area contributed by atoms with Gasteiger partial charge in [0.15, 0.2) is 0 Å². The number of rotatable bonds is 2. The van der Waals surface area contributed by atoms with E-state index in [0.717, 1.165) is 10.7 Å². The number of hydrogen-bond donors (Lipinski definition) is 1. The molecule has 2 heteroatoms. The van der Waals surface area contributed by atoms with Gasteiger partial charge in [0, 0.05) is 6.04 Å². The van der Waals surface area contributed by atoms with E-state index in [1.165, 1.54) is 19.3 Å². The van der Waals surface area contributed by atoms with Crippen LogP contribution in [-0.2, 0) is 0 Å². The topological polar surface area (TPSA) is 12.0 Å². The van der Waals surface area contributed by atoms with E-state index in [-0.39, 0.29) is 0 Å². The van der Waals surface area contributed by atoms with Crippen LogP contribution < -0.4 is 5.32 Å². The Morgan fingerprint density at radius 1 is 1.29 bits per heavy atom. The van der Waals surface area contributed by atoms with E-state index in [4.69, 9.17) is 11.6 Å². The molecule has 94 valence electrons. The summed E-state index contributed by atoms with van der Waals surface area (Å²) in [6.07, 6.45) is 3.81. The Balaban J connectivity index is 2.03. The van der Waals surface area contributed by atoms with Gasteiger partial charge in [-0.1, -0.05) is 44.5 Å². The normalized spacial score (nSPS) is 27.8. The summed E-state index contributed by atoms with van der Waals surface area (Å²) in [5.74, 6) is 0.704. The molecule has 0 heterocycles. The van der Waals surface area contributed by atoms with Crippen LogP contribution in [0.1, 0.15) is 40.0 Å². The third kappa shape index (κ3) is 3.16. The first kappa shape index (κ1) is 12.8. The highest BCUT2D eigenvalue weighted by atomic mass is 35.5. The van der Waals surface area contributed by atoms with Crippen LogP contribution in [0.4, 0.5) is 5.69 Å². The van der Waals surface area contributed by atoms with Crippen LogP contribution in [0.25, 0.3) is 0 Å². The van der Waals surface area contributed by atoms with Crippen LogP contribution >= 0.6 is 11.6 Å². The Hall–Kier alpha value is -0.690. The van der Waals surface area contributed by atoms with Crippen molar-refractivity contribution in [2.45, 2.75) is 46.1 Å². The lowest BCUT2D eigenvalue weighted by Crippen LogP contribution is -2.36. The molecule has 1 fully saturated rings. The molecule has 1 nitrogen and oxygen atoms in total. The molecule has 0 saturated heterocycles. The van der Waals surface area contributed by atoms with Gasteiger partial charge < -0.3 is 5.32 Å². The van der Waals surface area contributed by atoms with Crippen LogP contribution in [0, 0.1) is 11.3 Å². The number of benzene rings is 1. The largest absolute Gasteiger partial charge is 0.381 e. The molecule has 1 aromatic rings. The third-order valence-electron chi connectivity index (χ3n) is 3.91. The van der Waals surface area contributed by atoms with Crippen LogP contribution in [-0.4, -0.2) is 6.04 Å². The molecule has 1 N–H and O–H groups in total. The van der Waals surface area contributed by atoms with Gasteiger partial charge in [-0.3, -0.25) is 0 Å². The van der Waals surface area contributed by atoms with Gasteiger partial charge in [-0.2, -0.15) is 0 Å². The zero-order valence-corrected chi connectivity index (χ0v) is 11.7. The van der Waals surface area contributed by atoms with E-state index in [1.54, 1.807) is 0 Å². The van der Waals surface area contributed by atoms with Crippen molar-refractivity contribution in [1.82, 2.24) is 0 Å². The fourth-order valence-corrected chi connectivity index (χ4v) is 3.13. The molecule has 2 atom stereocenters. The smallest absolute Gasteiger partial charge is 0.0637 e. The van der Waals surface area contributed by atoms with Crippen LogP contribution in [0.2, 0.25) is 5.02 Å². The van der Waals surface area contributed by atoms with E-state index < -0.39 is 0 Å². The number of hydrogen-bond acceptors (Lipinski definition) is 1. The molecule has 0 radical (unpaired) electrons. The Morgan fingerprint density at radius 3 is 2.65 bits per heavy atom. The van der Waals surface area contributed by atoms with Gasteiger partial charge in [0.05, 0.1) is 10.7 Å². The maximum atomic E-state index is 6.18. The summed E-state index contributed by atoms with van der Waals surface area (Å²) in [7, 11) is 0. The van der Waals surface area contributed by atoms with Crippen molar-refractivity contribution in [1.29, 1.82) is 0 Å². The van der Waals surface area contributed by atoms with Gasteiger partial charge in [0.2, 0.25) is 0 Å². The zero-order chi connectivity index (χ0) is 12.5. The van der Waals surface area contributed by atoms with Gasteiger partial charge in [-0.25, -0.2) is 0 Å². The fraction of sp³-hybridized carbons (Fsp3) is 0.600. The minimum Gasteiger partial charge on any atom is -0.381 e. The fourth-order valence-electron chi connectivity index (χ4n) is 2.94. The zero-order valence-electron chi connectivity index (χ0n) is 11.0. The first-order valence-electron chi connectivity index (χ1n) is 6.49. The molecule has 0 aromatic heterocycles. The van der Waals surface area contributed by atoms with Gasteiger partial charge in [-0.15, -0.1) is 0 Å². The third-order valence-corrected chi connectivity index (χ3v) is 4.24. The van der Waals surface area contributed by atoms with E-state index in [2.05, 4.69) is 32.2 Å². The maximum Gasteiger partial charge on any atom is 0.0637 e. The minimum absolute atomic E-state index is 0.498. The first-order chi connectivity index (χ1) is 7.98. The van der Waals surface area contributed by atoms with E-state index in [9.17, 15) is 0 Å². The monoisotopic (exact) mass is 251 g/mol. The van der Waals surface area contributed by atoms with Gasteiger partial charge in [-0.05, 0) is 42.7 Å². The number of anilines is 1. The number of nitrogens with one attached hydrogen (secondary N) is 1. The van der Waals surface area contributed by atoms with Crippen molar-refractivity contribution < 1.29 is 0 Å². The average Bonchev–Trinajstić information content (AvgIpc) is 2.24. The molecule has 0 spiro atoms. The highest BCUT2D eigenvalue weighted by Crippen LogP contribution is 2.40. The van der Waals surface area contributed by atoms with Crippen molar-refractivity contribution in [2.24, 2.45) is 11.3 Å². The molecular weight excluding hydrogens is 230 g/mol. The number of halogens is 1. The molecule has 2 unspecified atom stereocenters. The van der Waals surface area contributed by atoms with Gasteiger partial charge >= 0.3 is 0 Å². The Morgan fingerprint density at radius 2 is 2.00 bits per heavy atom. The average molecular weight is 252 g/mol. The standard InChI is InChI=1S/C15H22ClN/c1-11-10-15(2,3)9-8-13(11)17-14-7-5-4-6-12(14)16/h4-7,11,13,17H,8-10H2,1-3H3. The second-order valence-corrected chi connectivity index (χ2v) is 6.52. The van der Waals surface area contributed by atoms with Crippen LogP contribution in [0.3, 0.4) is 0 Å². The molecule has 1 aliphatic carbocycles. The molecular formula is C15H22ClN. The van der Waals surface area contributed by atoms with E-state index in [0.29, 0.717) is 17.4 Å². The highest BCUT2D eigenvalue weighted by Gasteiger charge is 2.32. The SMILES string of the molecule is CC1CC(C)(C)CCC1Nc1ccccc1Cl. The molecule has 1 saturated carbocycles. The minimum atomic E-state index is 0.498. The molecule has 2 rings (SSSR count). The summed E-state index contributed by atoms with van der Waals surface area (Å²) in [5.41, 5.74) is 1.57. The summed E-state index contributed by atoms with van der Waals surface area (Å²) < 4.78 is 0. The lowest BCUT2D eigenvalue weighted by Gasteiger charge is -2.40. The summed E-state index contributed by atoms with van der Waals surface area (Å²) >= 11 is 6.18. The Bertz CT molecular complexity index is 386. The lowest BCUT2D eigenvalue weighted by molar-refractivity contribution is 0.177. The predicted molar refractivity (Wildman–Crippen MR) is 75.7 cm³/mol. The van der Waals surface area contributed by atoms with Crippen LogP contribution in [0.5, 0.6) is 0 Å². The maximum absolute atomic E-state index is 6.18. The van der Waals surface area contributed by atoms with Gasteiger partial charge in [0.1, 0.15) is 0 Å². The quantitative estimate of drug-likeness (QED) is 0.783. The van der Waals surface area contributed by atoms with E-state index in [1.807, 2.05) is 18.2 Å². The molecule has 0 aliphatic heterocycles. The predicted octanol–water partition coefficient (Wildman–Crippen LogP) is 4.97. The first-order valence-corrected chi connectivity index (χ1v) is 6.87. The lowest BCUT2D eigenvalue weighted by atomic mass is 9.70. The summed E-state index contributed by atoms with van der Waals surface area (Å²) in [5, 5.41) is 4.43. The van der Waals surface area contributed by atoms with Crippen molar-refractivity contribution in [2.75, 3.05) is 5.32 Å². The molecule has 0 bridgehead atoms. The summed E-state index contributed by atoms with van der Waals surface area (Å²) in [4.78, 5) is 0. The Kier molecular flexibility index (Phi) is 3.67. The van der Waals surface area contributed by atoms with Crippen LogP contribution in [0.15, 0.2) is 24.3 Å². The van der Waals surface area contributed by atoms with Gasteiger partial charge in [0.25, 0.3) is 0 Å². The summed E-state index contributed by atoms with van der Waals surface area (Å²) in [6, 6.07) is 8.57. The second kappa shape index (κ2) is 4.89. The van der Waals surface area contributed by atoms with Crippen molar-refractivity contribution in [3.8, 4) is 0 Å². The van der Waals surface area contributed by atoms with E-state index >= 15 is 0 Å². The number of para-hydroxylation sites is 1. The summed E-state index contributed by atoms with van der Waals surface area (Å²) in [6.45, 7) is 7.08. The molecule has 17 heavy (non-hydrogen) atoms.